The lowest BCUT2D eigenvalue weighted by Crippen LogP contribution is -2.85. The van der Waals surface area contributed by atoms with E-state index in [1.54, 1.807) is 21.3 Å². The molecule has 2 saturated heterocycles. The third-order valence-electron chi connectivity index (χ3n) is 11.9. The topological polar surface area (TPSA) is 89.9 Å². The number of likely N-dealkylation sites (tertiary alicyclic amines) is 1. The standard InChI is InChI=1S/C25H39NO7/c1-6-26-11-21(2)8-7-15(30-4)24-18(21)19(27)25(20(24)26)23(32-12-33-25)10-14(29-3)13-9-22(24,28)17(23)16(13)31-5/h13-20,27-28H,6-12H2,1-5H3/t13-,14+,15+,16+,17+,18-,19+,20+,21+,22+,23-,24-,25+/m1/s1. The van der Waals surface area contributed by atoms with E-state index in [0.717, 1.165) is 25.9 Å². The maximum atomic E-state index is 13.2. The van der Waals surface area contributed by atoms with Crippen LogP contribution in [0, 0.1) is 28.6 Å². The van der Waals surface area contributed by atoms with E-state index < -0.39 is 28.3 Å². The molecule has 0 aromatic heterocycles. The maximum Gasteiger partial charge on any atom is 0.148 e. The Bertz CT molecular complexity index is 874. The first-order valence-electron chi connectivity index (χ1n) is 12.8. The zero-order valence-electron chi connectivity index (χ0n) is 20.5. The van der Waals surface area contributed by atoms with Crippen molar-refractivity contribution in [2.24, 2.45) is 28.6 Å². The van der Waals surface area contributed by atoms with E-state index in [9.17, 15) is 10.2 Å². The van der Waals surface area contributed by atoms with Crippen LogP contribution in [0.2, 0.25) is 0 Å². The van der Waals surface area contributed by atoms with E-state index in [2.05, 4.69) is 18.7 Å². The van der Waals surface area contributed by atoms with Crippen LogP contribution in [-0.4, -0.2) is 104 Å². The summed E-state index contributed by atoms with van der Waals surface area (Å²) in [5, 5.41) is 25.6. The van der Waals surface area contributed by atoms with Gasteiger partial charge in [-0.3, -0.25) is 4.90 Å². The van der Waals surface area contributed by atoms with Crippen LogP contribution in [-0.2, 0) is 23.7 Å². The molecular formula is C25H39NO7. The molecule has 8 nitrogen and oxygen atoms in total. The van der Waals surface area contributed by atoms with Gasteiger partial charge in [-0.05, 0) is 31.2 Å². The molecule has 7 rings (SSSR count). The van der Waals surface area contributed by atoms with Gasteiger partial charge in [-0.15, -0.1) is 0 Å². The second-order valence-electron chi connectivity index (χ2n) is 12.3. The Morgan fingerprint density at radius 2 is 1.85 bits per heavy atom. The second kappa shape index (κ2) is 6.32. The molecule has 0 amide bonds. The minimum atomic E-state index is -1.12. The predicted octanol–water partition coefficient (Wildman–Crippen LogP) is 0.779. The van der Waals surface area contributed by atoms with Crippen LogP contribution >= 0.6 is 0 Å². The summed E-state index contributed by atoms with van der Waals surface area (Å²) in [5.41, 5.74) is -3.76. The number of hydrogen-bond acceptors (Lipinski definition) is 8. The number of methoxy groups -OCH3 is 3. The largest absolute Gasteiger partial charge is 0.390 e. The second-order valence-corrected chi connectivity index (χ2v) is 12.3. The summed E-state index contributed by atoms with van der Waals surface area (Å²) < 4.78 is 31.8. The van der Waals surface area contributed by atoms with Gasteiger partial charge in [0, 0.05) is 52.0 Å². The number of aliphatic hydroxyl groups excluding tert-OH is 1. The lowest BCUT2D eigenvalue weighted by atomic mass is 9.41. The van der Waals surface area contributed by atoms with Gasteiger partial charge in [0.05, 0.1) is 41.5 Å². The number of ether oxygens (including phenoxy) is 5. The Labute approximate surface area is 195 Å². The molecule has 7 bridgehead atoms. The van der Waals surface area contributed by atoms with Crippen LogP contribution in [0.1, 0.15) is 39.5 Å². The van der Waals surface area contributed by atoms with E-state index in [-0.39, 0.29) is 54.3 Å². The molecule has 0 radical (unpaired) electrons. The van der Waals surface area contributed by atoms with Crippen LogP contribution in [0.4, 0.5) is 0 Å². The van der Waals surface area contributed by atoms with Gasteiger partial charge in [0.25, 0.3) is 0 Å². The molecule has 0 aromatic carbocycles. The van der Waals surface area contributed by atoms with Crippen LogP contribution in [0.5, 0.6) is 0 Å². The summed E-state index contributed by atoms with van der Waals surface area (Å²) in [6, 6.07) is -0.191. The van der Waals surface area contributed by atoms with Gasteiger partial charge in [0.1, 0.15) is 18.0 Å². The Morgan fingerprint density at radius 1 is 1.06 bits per heavy atom. The zero-order chi connectivity index (χ0) is 23.2. The summed E-state index contributed by atoms with van der Waals surface area (Å²) in [6.07, 6.45) is 1.72. The Kier molecular flexibility index (Phi) is 4.20. The molecule has 7 fully saturated rings. The first kappa shape index (κ1) is 21.9. The van der Waals surface area contributed by atoms with Crippen molar-refractivity contribution in [3.63, 3.8) is 0 Å². The van der Waals surface area contributed by atoms with Crippen molar-refractivity contribution >= 4 is 0 Å². The van der Waals surface area contributed by atoms with Crippen molar-refractivity contribution in [1.29, 1.82) is 0 Å². The highest BCUT2D eigenvalue weighted by molar-refractivity contribution is 5.46. The predicted molar refractivity (Wildman–Crippen MR) is 116 cm³/mol. The van der Waals surface area contributed by atoms with Crippen LogP contribution in [0.25, 0.3) is 0 Å². The van der Waals surface area contributed by atoms with Gasteiger partial charge in [-0.25, -0.2) is 0 Å². The van der Waals surface area contributed by atoms with Crippen molar-refractivity contribution in [3.8, 4) is 0 Å². The minimum Gasteiger partial charge on any atom is -0.390 e. The van der Waals surface area contributed by atoms with E-state index in [4.69, 9.17) is 23.7 Å². The molecule has 0 aromatic rings. The number of piperidine rings is 1. The highest BCUT2D eigenvalue weighted by atomic mass is 16.7. The average molecular weight is 466 g/mol. The van der Waals surface area contributed by atoms with Gasteiger partial charge in [-0.1, -0.05) is 13.8 Å². The Morgan fingerprint density at radius 3 is 2.52 bits per heavy atom. The van der Waals surface area contributed by atoms with Crippen molar-refractivity contribution in [2.75, 3.05) is 41.2 Å². The van der Waals surface area contributed by atoms with Crippen molar-refractivity contribution in [2.45, 2.75) is 86.8 Å². The normalized spacial score (nSPS) is 64.8. The van der Waals surface area contributed by atoms with Gasteiger partial charge >= 0.3 is 0 Å². The van der Waals surface area contributed by atoms with Crippen LogP contribution in [0.15, 0.2) is 0 Å². The number of hydrogen-bond donors (Lipinski definition) is 2. The van der Waals surface area contributed by atoms with Gasteiger partial charge in [-0.2, -0.15) is 0 Å². The van der Waals surface area contributed by atoms with E-state index in [1.165, 1.54) is 0 Å². The monoisotopic (exact) mass is 465 g/mol. The maximum absolute atomic E-state index is 13.2. The smallest absolute Gasteiger partial charge is 0.148 e. The number of rotatable bonds is 4. The molecule has 5 aliphatic carbocycles. The first-order chi connectivity index (χ1) is 15.8. The molecule has 7 aliphatic rings. The van der Waals surface area contributed by atoms with Gasteiger partial charge in [0.15, 0.2) is 0 Å². The SMILES string of the molecule is CCN1C[C@]2(C)CC[C@H](OC)[C@]34[C@@H]2[C@H](O)[C@]2(OCO[C@@]25C[C@H](OC)[C@H]2C[C@]3(O)[C@@H]5[C@H]2OC)[C@@H]14. The molecule has 2 N–H and O–H groups in total. The van der Waals surface area contributed by atoms with E-state index in [1.807, 2.05) is 0 Å². The summed E-state index contributed by atoms with van der Waals surface area (Å²) >= 11 is 0. The number of aliphatic hydroxyl groups is 2. The first-order valence-corrected chi connectivity index (χ1v) is 12.8. The summed E-state index contributed by atoms with van der Waals surface area (Å²) in [5.74, 6) is -0.376. The molecule has 13 atom stereocenters. The number of fused-ring (bicyclic) bond motifs is 1. The average Bonchev–Trinajstić information content (AvgIpc) is 3.35. The molecule has 0 unspecified atom stereocenters. The highest BCUT2D eigenvalue weighted by Gasteiger charge is 2.96. The molecule has 5 saturated carbocycles. The molecule has 186 valence electrons. The molecular weight excluding hydrogens is 426 g/mol. The fourth-order valence-corrected chi connectivity index (χ4v) is 11.5. The number of likely N-dealkylation sites (N-methyl/N-ethyl adjacent to an activating group) is 1. The summed E-state index contributed by atoms with van der Waals surface area (Å²) in [4.78, 5) is 2.48. The minimum absolute atomic E-state index is 0.0641. The number of nitrogens with zero attached hydrogens (tertiary/aromatic N) is 1. The summed E-state index contributed by atoms with van der Waals surface area (Å²) in [6.45, 7) is 6.32. The molecule has 2 heterocycles. The lowest BCUT2D eigenvalue weighted by molar-refractivity contribution is -0.332. The fourth-order valence-electron chi connectivity index (χ4n) is 11.5. The van der Waals surface area contributed by atoms with Crippen molar-refractivity contribution in [1.82, 2.24) is 4.90 Å². The third kappa shape index (κ3) is 1.85. The highest BCUT2D eigenvalue weighted by Crippen LogP contribution is 2.83. The molecule has 8 heteroatoms. The van der Waals surface area contributed by atoms with Gasteiger partial charge < -0.3 is 33.9 Å². The Balaban J connectivity index is 1.60. The molecule has 33 heavy (non-hydrogen) atoms. The van der Waals surface area contributed by atoms with E-state index >= 15 is 0 Å². The molecule has 3 spiro atoms. The third-order valence-corrected chi connectivity index (χ3v) is 11.9. The fraction of sp³-hybridized carbons (Fsp3) is 1.00. The van der Waals surface area contributed by atoms with E-state index in [0.29, 0.717) is 12.8 Å². The summed E-state index contributed by atoms with van der Waals surface area (Å²) in [7, 11) is 5.25. The van der Waals surface area contributed by atoms with Crippen LogP contribution in [0.3, 0.4) is 0 Å². The Hall–Kier alpha value is -0.320. The van der Waals surface area contributed by atoms with Crippen molar-refractivity contribution < 1.29 is 33.9 Å². The quantitative estimate of drug-likeness (QED) is 0.630. The van der Waals surface area contributed by atoms with Crippen molar-refractivity contribution in [3.05, 3.63) is 0 Å². The van der Waals surface area contributed by atoms with Crippen LogP contribution < -0.4 is 0 Å². The zero-order valence-corrected chi connectivity index (χ0v) is 20.5. The van der Waals surface area contributed by atoms with Gasteiger partial charge in [0.2, 0.25) is 0 Å². The lowest BCUT2D eigenvalue weighted by Gasteiger charge is -2.72. The molecule has 2 aliphatic heterocycles.